The molecule has 1 atom stereocenters. The van der Waals surface area contributed by atoms with Crippen molar-refractivity contribution in [3.05, 3.63) is 34.8 Å². The lowest BCUT2D eigenvalue weighted by molar-refractivity contribution is -0.162. The third-order valence-electron chi connectivity index (χ3n) is 5.37. The highest BCUT2D eigenvalue weighted by Crippen LogP contribution is 2.28. The molecule has 2 fully saturated rings. The first-order valence-corrected chi connectivity index (χ1v) is 10.3. The van der Waals surface area contributed by atoms with Crippen LogP contribution in [0.25, 0.3) is 11.4 Å². The Morgan fingerprint density at radius 2 is 1.84 bits per heavy atom. The zero-order chi connectivity index (χ0) is 22.2. The van der Waals surface area contributed by atoms with E-state index < -0.39 is 17.5 Å². The molecule has 1 N–H and O–H groups in total. The van der Waals surface area contributed by atoms with E-state index >= 15 is 0 Å². The van der Waals surface area contributed by atoms with Crippen LogP contribution in [-0.2, 0) is 14.3 Å². The smallest absolute Gasteiger partial charge is 0.439 e. The van der Waals surface area contributed by atoms with Crippen molar-refractivity contribution in [3.8, 4) is 11.4 Å². The van der Waals surface area contributed by atoms with Crippen molar-refractivity contribution in [3.63, 3.8) is 0 Å². The molecule has 0 spiro atoms. The number of likely N-dealkylation sites (tertiary alicyclic amines) is 1. The molecule has 0 radical (unpaired) electrons. The van der Waals surface area contributed by atoms with Gasteiger partial charge in [0.25, 0.3) is 0 Å². The summed E-state index contributed by atoms with van der Waals surface area (Å²) < 4.78 is 15.6. The van der Waals surface area contributed by atoms with E-state index in [1.54, 1.807) is 29.2 Å². The summed E-state index contributed by atoms with van der Waals surface area (Å²) in [6, 6.07) is 7.02. The number of aromatic amines is 1. The minimum Gasteiger partial charge on any atom is -0.460 e. The van der Waals surface area contributed by atoms with E-state index in [0.717, 1.165) is 0 Å². The molecular formula is C21H26N4O6. The summed E-state index contributed by atoms with van der Waals surface area (Å²) in [5, 5.41) is 3.65. The molecule has 1 unspecified atom stereocenters. The topological polar surface area (TPSA) is 118 Å². The lowest BCUT2D eigenvalue weighted by Crippen LogP contribution is -2.45. The highest BCUT2D eigenvalue weighted by atomic mass is 16.6. The van der Waals surface area contributed by atoms with Gasteiger partial charge in [0.2, 0.25) is 0 Å². The number of benzene rings is 1. The summed E-state index contributed by atoms with van der Waals surface area (Å²) in [4.78, 5) is 42.0. The van der Waals surface area contributed by atoms with Crippen LogP contribution in [0.2, 0.25) is 0 Å². The van der Waals surface area contributed by atoms with Crippen molar-refractivity contribution in [1.29, 1.82) is 0 Å². The molecule has 2 saturated heterocycles. The van der Waals surface area contributed by atoms with Crippen molar-refractivity contribution in [2.75, 3.05) is 24.5 Å². The van der Waals surface area contributed by atoms with E-state index in [1.807, 2.05) is 20.8 Å². The van der Waals surface area contributed by atoms with Crippen LogP contribution in [0.3, 0.4) is 0 Å². The Morgan fingerprint density at radius 1 is 1.16 bits per heavy atom. The van der Waals surface area contributed by atoms with E-state index in [9.17, 15) is 14.4 Å². The second kappa shape index (κ2) is 8.18. The molecule has 10 heteroatoms. The van der Waals surface area contributed by atoms with Crippen LogP contribution >= 0.6 is 0 Å². The zero-order valence-corrected chi connectivity index (χ0v) is 17.8. The van der Waals surface area contributed by atoms with E-state index in [0.29, 0.717) is 49.6 Å². The molecule has 2 aromatic rings. The first-order chi connectivity index (χ1) is 14.7. The van der Waals surface area contributed by atoms with Gasteiger partial charge >= 0.3 is 17.8 Å². The molecule has 0 saturated carbocycles. The number of anilines is 1. The summed E-state index contributed by atoms with van der Waals surface area (Å²) in [6.45, 7) is 7.32. The van der Waals surface area contributed by atoms with Crippen LogP contribution in [0, 0.1) is 5.92 Å². The van der Waals surface area contributed by atoms with Crippen LogP contribution < -0.4 is 10.7 Å². The number of esters is 1. The normalized spacial score (nSPS) is 20.7. The second-order valence-corrected chi connectivity index (χ2v) is 8.78. The molecule has 0 bridgehead atoms. The molecule has 2 aliphatic heterocycles. The third-order valence-corrected chi connectivity index (χ3v) is 5.37. The number of hydrogen-bond acceptors (Lipinski definition) is 8. The van der Waals surface area contributed by atoms with Gasteiger partial charge in [0.15, 0.2) is 12.1 Å². The van der Waals surface area contributed by atoms with Gasteiger partial charge in [-0.3, -0.25) is 24.1 Å². The summed E-state index contributed by atoms with van der Waals surface area (Å²) in [5.41, 5.74) is 0.863. The standard InChI is InChI=1S/C21H26N4O6/c1-21(2,3)30-18(26)14-8-10-24(11-9-14)16-12-25(20(28)29-16)15-6-4-13(5-7-15)17-22-19(27)31-23-17/h4-7,14,16H,8-12H2,1-3H3,(H,22,23,27). The summed E-state index contributed by atoms with van der Waals surface area (Å²) in [7, 11) is 0. The van der Waals surface area contributed by atoms with E-state index in [-0.39, 0.29) is 18.1 Å². The lowest BCUT2D eigenvalue weighted by atomic mass is 9.96. The van der Waals surface area contributed by atoms with E-state index in [4.69, 9.17) is 9.47 Å². The van der Waals surface area contributed by atoms with Crippen molar-refractivity contribution < 1.29 is 23.6 Å². The fourth-order valence-electron chi connectivity index (χ4n) is 3.81. The molecule has 3 heterocycles. The maximum Gasteiger partial charge on any atom is 0.439 e. The Hall–Kier alpha value is -3.14. The minimum absolute atomic E-state index is 0.126. The number of cyclic esters (lactones) is 1. The minimum atomic E-state index is -0.625. The lowest BCUT2D eigenvalue weighted by Gasteiger charge is -2.34. The van der Waals surface area contributed by atoms with Gasteiger partial charge in [-0.1, -0.05) is 5.16 Å². The maximum atomic E-state index is 12.4. The molecule has 10 nitrogen and oxygen atoms in total. The molecule has 4 rings (SSSR count). The van der Waals surface area contributed by atoms with Gasteiger partial charge < -0.3 is 9.47 Å². The number of carbonyl (C=O) groups is 2. The van der Waals surface area contributed by atoms with E-state index in [1.165, 1.54) is 0 Å². The van der Waals surface area contributed by atoms with Gasteiger partial charge in [-0.15, -0.1) is 0 Å². The van der Waals surface area contributed by atoms with Crippen LogP contribution in [0.4, 0.5) is 10.5 Å². The van der Waals surface area contributed by atoms with Gasteiger partial charge in [0, 0.05) is 24.3 Å². The Bertz CT molecular complexity index is 998. The molecular weight excluding hydrogens is 404 g/mol. The predicted octanol–water partition coefficient (Wildman–Crippen LogP) is 2.37. The second-order valence-electron chi connectivity index (χ2n) is 8.78. The molecule has 1 aromatic carbocycles. The van der Waals surface area contributed by atoms with E-state index in [2.05, 4.69) is 19.6 Å². The predicted molar refractivity (Wildman–Crippen MR) is 110 cm³/mol. The van der Waals surface area contributed by atoms with Gasteiger partial charge in [-0.2, -0.15) is 0 Å². The largest absolute Gasteiger partial charge is 0.460 e. The highest BCUT2D eigenvalue weighted by molar-refractivity contribution is 5.90. The SMILES string of the molecule is CC(C)(C)OC(=O)C1CCN(C2CN(c3ccc(-c4noc(=O)[nH]4)cc3)C(=O)O2)CC1. The van der Waals surface area contributed by atoms with Crippen molar-refractivity contribution in [2.45, 2.75) is 45.4 Å². The quantitative estimate of drug-likeness (QED) is 0.735. The Kier molecular flexibility index (Phi) is 5.57. The van der Waals surface area contributed by atoms with Crippen molar-refractivity contribution in [1.82, 2.24) is 15.0 Å². The number of piperidine rings is 1. The third kappa shape index (κ3) is 4.79. The van der Waals surface area contributed by atoms with Crippen molar-refractivity contribution in [2.24, 2.45) is 5.92 Å². The molecule has 0 aliphatic carbocycles. The molecule has 166 valence electrons. The monoisotopic (exact) mass is 430 g/mol. The number of aromatic nitrogens is 2. The van der Waals surface area contributed by atoms with Gasteiger partial charge in [0.1, 0.15) is 5.60 Å². The average molecular weight is 430 g/mol. The number of hydrogen-bond donors (Lipinski definition) is 1. The van der Waals surface area contributed by atoms with Crippen LogP contribution in [0.15, 0.2) is 33.6 Å². The van der Waals surface area contributed by atoms with Crippen LogP contribution in [0.5, 0.6) is 0 Å². The average Bonchev–Trinajstić information content (AvgIpc) is 3.33. The fourth-order valence-corrected chi connectivity index (χ4v) is 3.81. The molecule has 1 amide bonds. The number of nitrogens with zero attached hydrogens (tertiary/aromatic N) is 3. The Balaban J connectivity index is 1.35. The zero-order valence-electron chi connectivity index (χ0n) is 17.8. The Morgan fingerprint density at radius 3 is 2.42 bits per heavy atom. The summed E-state index contributed by atoms with van der Waals surface area (Å²) in [6.07, 6.45) is 0.571. The number of H-pyrrole nitrogens is 1. The fraction of sp³-hybridized carbons (Fsp3) is 0.524. The first-order valence-electron chi connectivity index (χ1n) is 10.3. The first kappa shape index (κ1) is 21.1. The van der Waals surface area contributed by atoms with Crippen molar-refractivity contribution >= 4 is 17.7 Å². The van der Waals surface area contributed by atoms with Crippen LogP contribution in [0.1, 0.15) is 33.6 Å². The number of carbonyl (C=O) groups excluding carboxylic acids is 2. The summed E-state index contributed by atoms with van der Waals surface area (Å²) >= 11 is 0. The molecule has 1 aromatic heterocycles. The number of nitrogens with one attached hydrogen (secondary N) is 1. The number of rotatable bonds is 4. The number of ether oxygens (including phenoxy) is 2. The summed E-state index contributed by atoms with van der Waals surface area (Å²) in [5.74, 6) is -0.586. The highest BCUT2D eigenvalue weighted by Gasteiger charge is 2.39. The van der Waals surface area contributed by atoms with Gasteiger partial charge in [0.05, 0.1) is 12.5 Å². The maximum absolute atomic E-state index is 12.4. The number of amides is 1. The Labute approximate surface area is 179 Å². The van der Waals surface area contributed by atoms with Gasteiger partial charge in [-0.25, -0.2) is 9.59 Å². The van der Waals surface area contributed by atoms with Crippen LogP contribution in [-0.4, -0.2) is 58.6 Å². The molecule has 2 aliphatic rings. The molecule has 31 heavy (non-hydrogen) atoms. The van der Waals surface area contributed by atoms with Gasteiger partial charge in [-0.05, 0) is 57.9 Å².